The van der Waals surface area contributed by atoms with E-state index >= 15 is 0 Å². The van der Waals surface area contributed by atoms with Crippen LogP contribution in [0.1, 0.15) is 4.88 Å². The van der Waals surface area contributed by atoms with Crippen molar-refractivity contribution in [2.45, 2.75) is 6.54 Å². The number of nitrogens with one attached hydrogen (secondary N) is 3. The van der Waals surface area contributed by atoms with E-state index in [1.54, 1.807) is 12.3 Å². The van der Waals surface area contributed by atoms with E-state index < -0.39 is 0 Å². The molecule has 0 aromatic carbocycles. The van der Waals surface area contributed by atoms with Crippen molar-refractivity contribution in [2.75, 3.05) is 5.32 Å². The van der Waals surface area contributed by atoms with Gasteiger partial charge in [-0.1, -0.05) is 11.6 Å². The molecule has 7 heteroatoms. The molecule has 0 saturated heterocycles. The van der Waals surface area contributed by atoms with Gasteiger partial charge >= 0.3 is 0 Å². The summed E-state index contributed by atoms with van der Waals surface area (Å²) in [5.41, 5.74) is 1.60. The van der Waals surface area contributed by atoms with Crippen molar-refractivity contribution in [2.24, 2.45) is 0 Å². The smallest absolute Gasteiger partial charge is 0.247 e. The summed E-state index contributed by atoms with van der Waals surface area (Å²) in [7, 11) is 0. The van der Waals surface area contributed by atoms with E-state index in [1.807, 2.05) is 18.2 Å². The van der Waals surface area contributed by atoms with Crippen LogP contribution in [-0.4, -0.2) is 15.2 Å². The molecule has 3 heterocycles. The predicted molar refractivity (Wildman–Crippen MR) is 81.3 cm³/mol. The molecule has 0 bridgehead atoms. The lowest BCUT2D eigenvalue weighted by Crippen LogP contribution is -2.01. The lowest BCUT2D eigenvalue weighted by atomic mass is 10.2. The van der Waals surface area contributed by atoms with Crippen LogP contribution in [-0.2, 0) is 6.54 Å². The second-order valence-electron chi connectivity index (χ2n) is 4.17. The van der Waals surface area contributed by atoms with Crippen molar-refractivity contribution in [1.29, 1.82) is 0 Å². The molecule has 0 unspecified atom stereocenters. The summed E-state index contributed by atoms with van der Waals surface area (Å²) in [4.78, 5) is 14.8. The van der Waals surface area contributed by atoms with Crippen molar-refractivity contribution < 1.29 is 0 Å². The van der Waals surface area contributed by atoms with Crippen molar-refractivity contribution in [3.63, 3.8) is 0 Å². The maximum absolute atomic E-state index is 11.0. The molecular weight excluding hydrogens is 296 g/mol. The maximum Gasteiger partial charge on any atom is 0.247 e. The summed E-state index contributed by atoms with van der Waals surface area (Å²) in [6, 6.07) is 8.98. The van der Waals surface area contributed by atoms with Crippen molar-refractivity contribution in [1.82, 2.24) is 15.2 Å². The number of aromatic nitrogens is 3. The third-order valence-corrected chi connectivity index (χ3v) is 3.98. The molecule has 20 heavy (non-hydrogen) atoms. The molecule has 0 radical (unpaired) electrons. The number of nitrogens with zero attached hydrogens (tertiary/aromatic N) is 1. The molecule has 3 aromatic heterocycles. The number of hydrogen-bond acceptors (Lipinski definition) is 4. The summed E-state index contributed by atoms with van der Waals surface area (Å²) in [5.74, 6) is 0.746. The van der Waals surface area contributed by atoms with Gasteiger partial charge < -0.3 is 10.3 Å². The zero-order valence-electron chi connectivity index (χ0n) is 10.3. The highest BCUT2D eigenvalue weighted by Crippen LogP contribution is 2.23. The van der Waals surface area contributed by atoms with Crippen molar-refractivity contribution >= 4 is 28.8 Å². The Hall–Kier alpha value is -2.05. The van der Waals surface area contributed by atoms with Gasteiger partial charge in [0.15, 0.2) is 0 Å². The van der Waals surface area contributed by atoms with Gasteiger partial charge in [-0.2, -0.15) is 5.10 Å². The molecule has 3 rings (SSSR count). The highest BCUT2D eigenvalue weighted by Gasteiger charge is 2.04. The van der Waals surface area contributed by atoms with Gasteiger partial charge in [-0.15, -0.1) is 11.3 Å². The second-order valence-corrected chi connectivity index (χ2v) is 5.97. The minimum atomic E-state index is -0.124. The Bertz CT molecular complexity index is 756. The molecule has 102 valence electrons. The quantitative estimate of drug-likeness (QED) is 0.693. The first kappa shape index (κ1) is 13.0. The molecule has 3 N–H and O–H groups in total. The standard InChI is InChI=1S/C13H11ClN4OS/c14-11-3-2-9(20-11)7-15-12-5-10(17-18-12)8-1-4-13(19)16-6-8/h1-6H,7H2,(H,16,19)(H2,15,17,18). The molecule has 0 spiro atoms. The normalized spacial score (nSPS) is 10.7. The van der Waals surface area contributed by atoms with E-state index in [0.717, 1.165) is 26.3 Å². The Labute approximate surface area is 123 Å². The Morgan fingerprint density at radius 3 is 2.90 bits per heavy atom. The molecule has 0 aliphatic carbocycles. The molecule has 0 aliphatic heterocycles. The molecule has 3 aromatic rings. The topological polar surface area (TPSA) is 73.6 Å². The van der Waals surface area contributed by atoms with Gasteiger partial charge in [0.05, 0.1) is 16.6 Å². The summed E-state index contributed by atoms with van der Waals surface area (Å²) in [6.07, 6.45) is 1.65. The number of halogens is 1. The third-order valence-electron chi connectivity index (χ3n) is 2.75. The average Bonchev–Trinajstić information content (AvgIpc) is 3.06. The number of H-pyrrole nitrogens is 2. The number of pyridine rings is 1. The van der Waals surface area contributed by atoms with Gasteiger partial charge in [0.1, 0.15) is 5.82 Å². The summed E-state index contributed by atoms with van der Waals surface area (Å²) >= 11 is 7.42. The summed E-state index contributed by atoms with van der Waals surface area (Å²) in [6.45, 7) is 0.674. The fourth-order valence-corrected chi connectivity index (χ4v) is 2.79. The first-order valence-electron chi connectivity index (χ1n) is 5.93. The molecule has 0 saturated carbocycles. The Morgan fingerprint density at radius 1 is 1.30 bits per heavy atom. The van der Waals surface area contributed by atoms with Gasteiger partial charge in [-0.05, 0) is 18.2 Å². The fourth-order valence-electron chi connectivity index (χ4n) is 1.76. The van der Waals surface area contributed by atoms with E-state index in [4.69, 9.17) is 11.6 Å². The van der Waals surface area contributed by atoms with Crippen LogP contribution in [0.4, 0.5) is 5.82 Å². The van der Waals surface area contributed by atoms with Crippen molar-refractivity contribution in [3.8, 4) is 11.3 Å². The zero-order valence-corrected chi connectivity index (χ0v) is 11.9. The van der Waals surface area contributed by atoms with E-state index in [1.165, 1.54) is 17.4 Å². The zero-order chi connectivity index (χ0) is 13.9. The summed E-state index contributed by atoms with van der Waals surface area (Å²) in [5, 5.41) is 10.3. The third kappa shape index (κ3) is 2.92. The minimum Gasteiger partial charge on any atom is -0.364 e. The largest absolute Gasteiger partial charge is 0.364 e. The van der Waals surface area contributed by atoms with Gasteiger partial charge in [-0.25, -0.2) is 0 Å². The van der Waals surface area contributed by atoms with E-state index in [9.17, 15) is 4.79 Å². The minimum absolute atomic E-state index is 0.124. The van der Waals surface area contributed by atoms with Gasteiger partial charge in [0, 0.05) is 28.8 Å². The van der Waals surface area contributed by atoms with E-state index in [-0.39, 0.29) is 5.56 Å². The highest BCUT2D eigenvalue weighted by molar-refractivity contribution is 7.16. The first-order chi connectivity index (χ1) is 9.70. The van der Waals surface area contributed by atoms with E-state index in [2.05, 4.69) is 20.5 Å². The lowest BCUT2D eigenvalue weighted by Gasteiger charge is -1.98. The Balaban J connectivity index is 1.70. The molecular formula is C13H11ClN4OS. The number of rotatable bonds is 4. The Kier molecular flexibility index (Phi) is 3.58. The fraction of sp³-hybridized carbons (Fsp3) is 0.0769. The van der Waals surface area contributed by atoms with Gasteiger partial charge in [0.25, 0.3) is 0 Å². The van der Waals surface area contributed by atoms with Crippen LogP contribution >= 0.6 is 22.9 Å². The average molecular weight is 307 g/mol. The monoisotopic (exact) mass is 306 g/mol. The number of thiophene rings is 1. The first-order valence-corrected chi connectivity index (χ1v) is 7.13. The molecule has 0 atom stereocenters. The van der Waals surface area contributed by atoms with E-state index in [0.29, 0.717) is 6.54 Å². The van der Waals surface area contributed by atoms with Crippen LogP contribution in [0.5, 0.6) is 0 Å². The number of anilines is 1. The SMILES string of the molecule is O=c1ccc(-c2cc(NCc3ccc(Cl)s3)n[nH]2)c[nH]1. The number of aromatic amines is 2. The lowest BCUT2D eigenvalue weighted by molar-refractivity contribution is 1.06. The summed E-state index contributed by atoms with van der Waals surface area (Å²) < 4.78 is 0.776. The Morgan fingerprint density at radius 2 is 2.20 bits per heavy atom. The molecule has 0 fully saturated rings. The van der Waals surface area contributed by atoms with Gasteiger partial charge in [0.2, 0.25) is 5.56 Å². The van der Waals surface area contributed by atoms with Crippen LogP contribution in [0, 0.1) is 0 Å². The van der Waals surface area contributed by atoms with Crippen LogP contribution in [0.15, 0.2) is 41.3 Å². The number of hydrogen-bond donors (Lipinski definition) is 3. The van der Waals surface area contributed by atoms with Crippen LogP contribution < -0.4 is 10.9 Å². The maximum atomic E-state index is 11.0. The van der Waals surface area contributed by atoms with Gasteiger partial charge in [-0.3, -0.25) is 9.89 Å². The second kappa shape index (κ2) is 5.52. The van der Waals surface area contributed by atoms with Crippen LogP contribution in [0.25, 0.3) is 11.3 Å². The molecule has 0 amide bonds. The van der Waals surface area contributed by atoms with Crippen LogP contribution in [0.3, 0.4) is 0 Å². The van der Waals surface area contributed by atoms with Crippen molar-refractivity contribution in [3.05, 3.63) is 56.1 Å². The molecule has 5 nitrogen and oxygen atoms in total. The highest BCUT2D eigenvalue weighted by atomic mass is 35.5. The van der Waals surface area contributed by atoms with Crippen LogP contribution in [0.2, 0.25) is 4.34 Å². The predicted octanol–water partition coefficient (Wildman–Crippen LogP) is 3.09. The molecule has 0 aliphatic rings.